The summed E-state index contributed by atoms with van der Waals surface area (Å²) in [7, 11) is 0. The van der Waals surface area contributed by atoms with Crippen molar-refractivity contribution >= 4 is 0 Å². The highest BCUT2D eigenvalue weighted by atomic mass is 19.1. The van der Waals surface area contributed by atoms with E-state index in [9.17, 15) is 13.9 Å². The highest BCUT2D eigenvalue weighted by molar-refractivity contribution is 5.20. The third kappa shape index (κ3) is 3.33. The first-order valence-electron chi connectivity index (χ1n) is 7.10. The van der Waals surface area contributed by atoms with Gasteiger partial charge in [0, 0.05) is 5.56 Å². The lowest BCUT2D eigenvalue weighted by Crippen LogP contribution is -2.32. The Morgan fingerprint density at radius 2 is 1.84 bits per heavy atom. The fraction of sp³-hybridized carbons (Fsp3) is 0.625. The largest absolute Gasteiger partial charge is 0.393 e. The summed E-state index contributed by atoms with van der Waals surface area (Å²) < 4.78 is 27.3. The minimum absolute atomic E-state index is 0.0347. The highest BCUT2D eigenvalue weighted by Gasteiger charge is 2.31. The van der Waals surface area contributed by atoms with E-state index in [1.165, 1.54) is 18.2 Å². The molecule has 1 aliphatic carbocycles. The van der Waals surface area contributed by atoms with Crippen molar-refractivity contribution in [2.24, 2.45) is 17.8 Å². The first-order valence-corrected chi connectivity index (χ1v) is 7.10. The van der Waals surface area contributed by atoms with Crippen molar-refractivity contribution in [2.75, 3.05) is 0 Å². The van der Waals surface area contributed by atoms with Crippen LogP contribution in [0.1, 0.15) is 38.7 Å². The van der Waals surface area contributed by atoms with Crippen LogP contribution in [0.2, 0.25) is 0 Å². The summed E-state index contributed by atoms with van der Waals surface area (Å²) in [6.07, 6.45) is 2.46. The fourth-order valence-corrected chi connectivity index (χ4v) is 3.10. The van der Waals surface area contributed by atoms with Crippen molar-refractivity contribution < 1.29 is 13.9 Å². The van der Waals surface area contributed by atoms with Gasteiger partial charge in [-0.25, -0.2) is 8.78 Å². The third-order valence-corrected chi connectivity index (χ3v) is 4.45. The van der Waals surface area contributed by atoms with Crippen molar-refractivity contribution in [3.8, 4) is 0 Å². The van der Waals surface area contributed by atoms with Crippen LogP contribution in [-0.4, -0.2) is 11.2 Å². The number of benzene rings is 1. The molecule has 1 aromatic carbocycles. The second kappa shape index (κ2) is 6.00. The topological polar surface area (TPSA) is 20.2 Å². The van der Waals surface area contributed by atoms with E-state index < -0.39 is 17.7 Å². The Hall–Kier alpha value is -0.960. The molecule has 0 heterocycles. The lowest BCUT2D eigenvalue weighted by atomic mass is 9.73. The van der Waals surface area contributed by atoms with Crippen LogP contribution in [0.15, 0.2) is 18.2 Å². The Kier molecular flexibility index (Phi) is 4.56. The second-order valence-corrected chi connectivity index (χ2v) is 6.05. The maximum atomic E-state index is 13.7. The van der Waals surface area contributed by atoms with E-state index in [1.807, 2.05) is 0 Å². The summed E-state index contributed by atoms with van der Waals surface area (Å²) in [6, 6.07) is 3.95. The van der Waals surface area contributed by atoms with Crippen LogP contribution in [0.25, 0.3) is 0 Å². The fourth-order valence-electron chi connectivity index (χ4n) is 3.10. The van der Waals surface area contributed by atoms with Crippen LogP contribution >= 0.6 is 0 Å². The lowest BCUT2D eigenvalue weighted by molar-refractivity contribution is 0.0371. The van der Waals surface area contributed by atoms with E-state index in [2.05, 4.69) is 13.8 Å². The maximum absolute atomic E-state index is 13.7. The lowest BCUT2D eigenvalue weighted by Gasteiger charge is -2.35. The monoisotopic (exact) mass is 268 g/mol. The summed E-state index contributed by atoms with van der Waals surface area (Å²) in [5, 5.41) is 10.1. The second-order valence-electron chi connectivity index (χ2n) is 6.05. The van der Waals surface area contributed by atoms with Gasteiger partial charge in [-0.1, -0.05) is 19.9 Å². The standard InChI is InChI=1S/C16H22F2O/c1-10(2)11-6-7-16(19)12(8-11)9-13-14(17)4-3-5-15(13)18/h3-5,10-12,16,19H,6-9H2,1-2H3. The number of aliphatic hydroxyl groups is 1. The van der Waals surface area contributed by atoms with Crippen molar-refractivity contribution in [2.45, 2.75) is 45.6 Å². The molecule has 106 valence electrons. The number of halogens is 2. The highest BCUT2D eigenvalue weighted by Crippen LogP contribution is 2.36. The maximum Gasteiger partial charge on any atom is 0.129 e. The molecular formula is C16H22F2O. The Balaban J connectivity index is 2.12. The van der Waals surface area contributed by atoms with Gasteiger partial charge in [0.2, 0.25) is 0 Å². The number of hydrogen-bond acceptors (Lipinski definition) is 1. The number of rotatable bonds is 3. The number of aliphatic hydroxyl groups excluding tert-OH is 1. The van der Waals surface area contributed by atoms with Gasteiger partial charge in [-0.05, 0) is 55.6 Å². The van der Waals surface area contributed by atoms with Gasteiger partial charge in [0.1, 0.15) is 11.6 Å². The van der Waals surface area contributed by atoms with Crippen molar-refractivity contribution in [3.63, 3.8) is 0 Å². The predicted octanol–water partition coefficient (Wildman–Crippen LogP) is 3.94. The molecule has 1 nitrogen and oxygen atoms in total. The van der Waals surface area contributed by atoms with E-state index in [-0.39, 0.29) is 11.5 Å². The quantitative estimate of drug-likeness (QED) is 0.880. The molecule has 3 atom stereocenters. The molecule has 2 rings (SSSR count). The van der Waals surface area contributed by atoms with Crippen LogP contribution in [0.4, 0.5) is 8.78 Å². The molecule has 0 amide bonds. The SMILES string of the molecule is CC(C)C1CCC(O)C(Cc2c(F)cccc2F)C1. The van der Waals surface area contributed by atoms with Crippen molar-refractivity contribution in [3.05, 3.63) is 35.4 Å². The molecule has 0 aliphatic heterocycles. The summed E-state index contributed by atoms with van der Waals surface area (Å²) in [5.41, 5.74) is 0.121. The summed E-state index contributed by atoms with van der Waals surface area (Å²) in [6.45, 7) is 4.34. The van der Waals surface area contributed by atoms with E-state index >= 15 is 0 Å². The third-order valence-electron chi connectivity index (χ3n) is 4.45. The van der Waals surface area contributed by atoms with E-state index in [4.69, 9.17) is 0 Å². The van der Waals surface area contributed by atoms with Crippen LogP contribution in [-0.2, 0) is 6.42 Å². The zero-order valence-electron chi connectivity index (χ0n) is 11.6. The average Bonchev–Trinajstić information content (AvgIpc) is 2.35. The average molecular weight is 268 g/mol. The molecular weight excluding hydrogens is 246 g/mol. The van der Waals surface area contributed by atoms with Gasteiger partial charge in [-0.2, -0.15) is 0 Å². The van der Waals surface area contributed by atoms with E-state index in [0.29, 0.717) is 18.3 Å². The number of hydrogen-bond donors (Lipinski definition) is 1. The Morgan fingerprint density at radius 1 is 1.21 bits per heavy atom. The molecule has 3 heteroatoms. The van der Waals surface area contributed by atoms with Crippen molar-refractivity contribution in [1.29, 1.82) is 0 Å². The summed E-state index contributed by atoms with van der Waals surface area (Å²) in [4.78, 5) is 0. The molecule has 0 spiro atoms. The molecule has 1 saturated carbocycles. The van der Waals surface area contributed by atoms with E-state index in [0.717, 1.165) is 19.3 Å². The molecule has 0 aromatic heterocycles. The minimum atomic E-state index is -0.501. The summed E-state index contributed by atoms with van der Waals surface area (Å²) in [5.74, 6) is 0.0639. The molecule has 0 saturated heterocycles. The van der Waals surface area contributed by atoms with Crippen LogP contribution in [0, 0.1) is 29.4 Å². The Labute approximate surface area is 113 Å². The minimum Gasteiger partial charge on any atom is -0.393 e. The van der Waals surface area contributed by atoms with Gasteiger partial charge in [0.25, 0.3) is 0 Å². The van der Waals surface area contributed by atoms with Crippen molar-refractivity contribution in [1.82, 2.24) is 0 Å². The zero-order chi connectivity index (χ0) is 14.0. The molecule has 3 unspecified atom stereocenters. The first kappa shape index (κ1) is 14.4. The van der Waals surface area contributed by atoms with Gasteiger partial charge in [-0.3, -0.25) is 0 Å². The molecule has 1 aliphatic rings. The molecule has 19 heavy (non-hydrogen) atoms. The molecule has 0 bridgehead atoms. The predicted molar refractivity (Wildman–Crippen MR) is 71.7 cm³/mol. The Bertz CT molecular complexity index is 411. The molecule has 1 N–H and O–H groups in total. The zero-order valence-corrected chi connectivity index (χ0v) is 11.6. The van der Waals surface area contributed by atoms with E-state index in [1.54, 1.807) is 0 Å². The van der Waals surface area contributed by atoms with Gasteiger partial charge in [-0.15, -0.1) is 0 Å². The summed E-state index contributed by atoms with van der Waals surface area (Å²) >= 11 is 0. The van der Waals surface area contributed by atoms with Crippen LogP contribution in [0.5, 0.6) is 0 Å². The van der Waals surface area contributed by atoms with Gasteiger partial charge >= 0.3 is 0 Å². The smallest absolute Gasteiger partial charge is 0.129 e. The van der Waals surface area contributed by atoms with Gasteiger partial charge < -0.3 is 5.11 Å². The van der Waals surface area contributed by atoms with Crippen LogP contribution in [0.3, 0.4) is 0 Å². The molecule has 1 aromatic rings. The first-order chi connectivity index (χ1) is 8.99. The molecule has 1 fully saturated rings. The van der Waals surface area contributed by atoms with Gasteiger partial charge in [0.15, 0.2) is 0 Å². The van der Waals surface area contributed by atoms with Gasteiger partial charge in [0.05, 0.1) is 6.10 Å². The normalized spacial score (nSPS) is 27.8. The van der Waals surface area contributed by atoms with Crippen LogP contribution < -0.4 is 0 Å². The molecule has 0 radical (unpaired) electrons. The Morgan fingerprint density at radius 3 is 2.42 bits per heavy atom.